The Hall–Kier alpha value is -3.28. The van der Waals surface area contributed by atoms with Crippen LogP contribution in [-0.4, -0.2) is 19.0 Å². The van der Waals surface area contributed by atoms with Crippen LogP contribution in [0.15, 0.2) is 47.7 Å². The number of hydrogen-bond donors (Lipinski definition) is 1. The molecule has 29 heavy (non-hydrogen) atoms. The van der Waals surface area contributed by atoms with E-state index in [2.05, 4.69) is 47.5 Å². The van der Waals surface area contributed by atoms with Crippen LogP contribution < -0.4 is 14.8 Å². The number of nitrogens with one attached hydrogen (secondary N) is 1. The third kappa shape index (κ3) is 4.96. The van der Waals surface area contributed by atoms with Crippen molar-refractivity contribution in [2.75, 3.05) is 23.3 Å². The smallest absolute Gasteiger partial charge is 0.221 e. The van der Waals surface area contributed by atoms with Crippen molar-refractivity contribution in [3.05, 3.63) is 54.4 Å². The fourth-order valence-corrected chi connectivity index (χ4v) is 3.21. The lowest BCUT2D eigenvalue weighted by Gasteiger charge is -2.22. The molecule has 1 heterocycles. The van der Waals surface area contributed by atoms with Gasteiger partial charge in [-0.05, 0) is 32.0 Å². The Bertz CT molecular complexity index is 958. The molecule has 1 amide bonds. The summed E-state index contributed by atoms with van der Waals surface area (Å²) in [5, 5.41) is 11.8. The Kier molecular flexibility index (Phi) is 7.42. The van der Waals surface area contributed by atoms with Crippen LogP contribution in [0.5, 0.6) is 0 Å². The zero-order valence-corrected chi connectivity index (χ0v) is 18.0. The number of nitrogens with zero attached hydrogens (tertiary/aromatic N) is 4. The lowest BCUT2D eigenvalue weighted by atomic mass is 10.1. The van der Waals surface area contributed by atoms with Gasteiger partial charge in [0.25, 0.3) is 0 Å². The summed E-state index contributed by atoms with van der Waals surface area (Å²) in [5.74, 6) is -0.151. The largest absolute Gasteiger partial charge is 0.372 e. The molecule has 6 nitrogen and oxygen atoms in total. The summed E-state index contributed by atoms with van der Waals surface area (Å²) in [5.41, 5.74) is 5.77. The fourth-order valence-electron chi connectivity index (χ4n) is 3.21. The lowest BCUT2D eigenvalue weighted by molar-refractivity contribution is -0.679. The number of carbonyl (C=O) groups is 1. The van der Waals surface area contributed by atoms with Gasteiger partial charge in [-0.2, -0.15) is 4.57 Å². The summed E-state index contributed by atoms with van der Waals surface area (Å²) in [6.07, 6.45) is 3.54. The normalized spacial score (nSPS) is 10.8. The van der Waals surface area contributed by atoms with Crippen LogP contribution in [0.4, 0.5) is 22.7 Å². The van der Waals surface area contributed by atoms with Crippen molar-refractivity contribution in [3.8, 4) is 0 Å². The van der Waals surface area contributed by atoms with Crippen LogP contribution in [0.1, 0.15) is 37.7 Å². The number of pyridine rings is 1. The second-order valence-electron chi connectivity index (χ2n) is 6.69. The molecular weight excluding hydrogens is 362 g/mol. The van der Waals surface area contributed by atoms with E-state index >= 15 is 0 Å². The summed E-state index contributed by atoms with van der Waals surface area (Å²) in [6.45, 7) is 17.2. The number of carbonyl (C=O) groups excluding carboxylic acids is 1. The van der Waals surface area contributed by atoms with Crippen molar-refractivity contribution < 1.29 is 9.36 Å². The van der Waals surface area contributed by atoms with Gasteiger partial charge in [-0.15, -0.1) is 10.2 Å². The Morgan fingerprint density at radius 2 is 1.79 bits per heavy atom. The van der Waals surface area contributed by atoms with E-state index in [9.17, 15) is 4.79 Å². The van der Waals surface area contributed by atoms with Crippen molar-refractivity contribution in [2.24, 2.45) is 17.3 Å². The molecule has 6 heteroatoms. The average molecular weight is 393 g/mol. The van der Waals surface area contributed by atoms with Gasteiger partial charge in [-0.25, -0.2) is 0 Å². The van der Waals surface area contributed by atoms with Crippen molar-refractivity contribution in [1.29, 1.82) is 0 Å². The SMILES string of the molecule is C=Cc1c(/N=N/c2ccc(N(CC)CC)cc2NC(C)=O)cc(C)[n+](C)c1C=C. The Morgan fingerprint density at radius 3 is 2.34 bits per heavy atom. The molecular formula is C23H30N5O+. The second kappa shape index (κ2) is 9.78. The molecule has 0 atom stereocenters. The molecule has 1 N–H and O–H groups in total. The quantitative estimate of drug-likeness (QED) is 0.488. The summed E-state index contributed by atoms with van der Waals surface area (Å²) in [6, 6.07) is 7.76. The van der Waals surface area contributed by atoms with E-state index in [-0.39, 0.29) is 5.91 Å². The topological polar surface area (TPSA) is 60.9 Å². The van der Waals surface area contributed by atoms with E-state index in [1.807, 2.05) is 42.8 Å². The summed E-state index contributed by atoms with van der Waals surface area (Å²) < 4.78 is 2.03. The molecule has 0 fully saturated rings. The summed E-state index contributed by atoms with van der Waals surface area (Å²) >= 11 is 0. The van der Waals surface area contributed by atoms with E-state index in [4.69, 9.17) is 0 Å². The van der Waals surface area contributed by atoms with Gasteiger partial charge < -0.3 is 10.2 Å². The van der Waals surface area contributed by atoms with Crippen molar-refractivity contribution in [1.82, 2.24) is 0 Å². The molecule has 2 rings (SSSR count). The Balaban J connectivity index is 2.54. The van der Waals surface area contributed by atoms with Gasteiger partial charge in [0.1, 0.15) is 18.4 Å². The molecule has 0 saturated heterocycles. The zero-order chi connectivity index (χ0) is 21.6. The van der Waals surface area contributed by atoms with E-state index in [0.717, 1.165) is 35.7 Å². The van der Waals surface area contributed by atoms with Crippen LogP contribution in [-0.2, 0) is 11.8 Å². The van der Waals surface area contributed by atoms with Gasteiger partial charge in [-0.3, -0.25) is 4.79 Å². The molecule has 0 aliphatic rings. The highest BCUT2D eigenvalue weighted by Crippen LogP contribution is 2.33. The van der Waals surface area contributed by atoms with Crippen molar-refractivity contribution >= 4 is 40.8 Å². The van der Waals surface area contributed by atoms with Crippen molar-refractivity contribution in [2.45, 2.75) is 27.7 Å². The minimum Gasteiger partial charge on any atom is -0.372 e. The number of hydrogen-bond acceptors (Lipinski definition) is 4. The first kappa shape index (κ1) is 22.0. The number of benzene rings is 1. The first-order chi connectivity index (χ1) is 13.9. The predicted octanol–water partition coefficient (Wildman–Crippen LogP) is 5.33. The number of amides is 1. The monoisotopic (exact) mass is 392 g/mol. The predicted molar refractivity (Wildman–Crippen MR) is 121 cm³/mol. The average Bonchev–Trinajstić information content (AvgIpc) is 2.69. The van der Waals surface area contributed by atoms with Gasteiger partial charge in [0.2, 0.25) is 11.6 Å². The number of aryl methyl sites for hydroxylation is 1. The minimum atomic E-state index is -0.151. The molecule has 2 aromatic rings. The van der Waals surface area contributed by atoms with Crippen LogP contribution in [0.3, 0.4) is 0 Å². The van der Waals surface area contributed by atoms with Gasteiger partial charge in [0.15, 0.2) is 5.69 Å². The highest BCUT2D eigenvalue weighted by atomic mass is 16.1. The minimum absolute atomic E-state index is 0.151. The number of rotatable bonds is 8. The van der Waals surface area contributed by atoms with E-state index in [0.29, 0.717) is 17.1 Å². The first-order valence-corrected chi connectivity index (χ1v) is 9.73. The second-order valence-corrected chi connectivity index (χ2v) is 6.69. The summed E-state index contributed by atoms with van der Waals surface area (Å²) in [7, 11) is 1.97. The van der Waals surface area contributed by atoms with Crippen LogP contribution in [0, 0.1) is 6.92 Å². The summed E-state index contributed by atoms with van der Waals surface area (Å²) in [4.78, 5) is 13.9. The van der Waals surface area contributed by atoms with Gasteiger partial charge in [-0.1, -0.05) is 19.2 Å². The fraction of sp³-hybridized carbons (Fsp3) is 0.304. The van der Waals surface area contributed by atoms with E-state index in [1.54, 1.807) is 12.2 Å². The standard InChI is InChI=1S/C23H29N5O/c1-8-19-21(14-16(5)27(7)23(19)9-2)26-25-20-13-12-18(28(10-3)11-4)15-22(20)24-17(6)29/h8-9,12-15H,1-2,10-11H2,3-7H3/p+1. The highest BCUT2D eigenvalue weighted by molar-refractivity contribution is 5.93. The maximum atomic E-state index is 11.7. The molecule has 0 saturated carbocycles. The molecule has 152 valence electrons. The van der Waals surface area contributed by atoms with Gasteiger partial charge in [0, 0.05) is 44.8 Å². The molecule has 0 spiro atoms. The molecule has 0 radical (unpaired) electrons. The molecule has 0 unspecified atom stereocenters. The van der Waals surface area contributed by atoms with Gasteiger partial charge in [0.05, 0.1) is 11.3 Å². The molecule has 0 aliphatic carbocycles. The number of azo groups is 1. The maximum absolute atomic E-state index is 11.7. The third-order valence-corrected chi connectivity index (χ3v) is 4.87. The molecule has 0 bridgehead atoms. The Morgan fingerprint density at radius 1 is 1.14 bits per heavy atom. The zero-order valence-electron chi connectivity index (χ0n) is 18.0. The molecule has 1 aromatic carbocycles. The van der Waals surface area contributed by atoms with Gasteiger partial charge >= 0.3 is 0 Å². The first-order valence-electron chi connectivity index (χ1n) is 9.73. The van der Waals surface area contributed by atoms with E-state index in [1.165, 1.54) is 6.92 Å². The lowest BCUT2D eigenvalue weighted by Crippen LogP contribution is -2.36. The van der Waals surface area contributed by atoms with Crippen LogP contribution in [0.25, 0.3) is 12.2 Å². The van der Waals surface area contributed by atoms with Crippen LogP contribution >= 0.6 is 0 Å². The Labute approximate surface area is 173 Å². The number of aromatic nitrogens is 1. The molecule has 1 aromatic heterocycles. The highest BCUT2D eigenvalue weighted by Gasteiger charge is 2.17. The third-order valence-electron chi connectivity index (χ3n) is 4.87. The number of anilines is 2. The molecule has 0 aliphatic heterocycles. The maximum Gasteiger partial charge on any atom is 0.221 e. The van der Waals surface area contributed by atoms with Crippen LogP contribution in [0.2, 0.25) is 0 Å². The van der Waals surface area contributed by atoms with Crippen molar-refractivity contribution in [3.63, 3.8) is 0 Å². The van der Waals surface area contributed by atoms with E-state index < -0.39 is 0 Å².